The van der Waals surface area contributed by atoms with Crippen molar-refractivity contribution in [1.29, 1.82) is 0 Å². The van der Waals surface area contributed by atoms with Gasteiger partial charge in [0.2, 0.25) is 11.9 Å². The second-order valence-corrected chi connectivity index (χ2v) is 5.97. The molecule has 0 radical (unpaired) electrons. The van der Waals surface area contributed by atoms with E-state index in [0.717, 1.165) is 0 Å². The number of hydrogen-bond acceptors (Lipinski definition) is 6. The minimum atomic E-state index is -1.04. The molecular weight excluding hydrogens is 328 g/mol. The number of carbonyl (C=O) groups is 3. The summed E-state index contributed by atoms with van der Waals surface area (Å²) < 4.78 is 0. The summed E-state index contributed by atoms with van der Waals surface area (Å²) in [6, 6.07) is -2.49. The lowest BCUT2D eigenvalue weighted by Crippen LogP contribution is -2.71. The van der Waals surface area contributed by atoms with E-state index in [1.54, 1.807) is 6.92 Å². The highest BCUT2D eigenvalue weighted by Crippen LogP contribution is 2.33. The summed E-state index contributed by atoms with van der Waals surface area (Å²) in [6.07, 6.45) is 0.0252. The van der Waals surface area contributed by atoms with E-state index in [-0.39, 0.29) is 11.5 Å². The Balaban J connectivity index is 2.27. The number of thiocarbonyl (C=S) groups is 1. The van der Waals surface area contributed by atoms with Gasteiger partial charge in [-0.1, -0.05) is 6.92 Å². The summed E-state index contributed by atoms with van der Waals surface area (Å²) in [6.45, 7) is 1.55. The van der Waals surface area contributed by atoms with Crippen LogP contribution in [-0.4, -0.2) is 45.9 Å². The zero-order chi connectivity index (χ0) is 17.3. The molecule has 5 unspecified atom stereocenters. The average Bonchev–Trinajstić information content (AvgIpc) is 2.46. The first-order valence-electron chi connectivity index (χ1n) is 6.82. The Labute approximate surface area is 135 Å². The second kappa shape index (κ2) is 6.32. The van der Waals surface area contributed by atoms with Crippen LogP contribution in [0.1, 0.15) is 13.3 Å². The largest absolute Gasteiger partial charge is 0.375 e. The number of nitrogens with two attached hydrogens (primary N) is 1. The first kappa shape index (κ1) is 16.9. The topological polar surface area (TPSA) is 168 Å². The maximum absolute atomic E-state index is 12.3. The van der Waals surface area contributed by atoms with Gasteiger partial charge >= 0.3 is 11.8 Å². The van der Waals surface area contributed by atoms with Gasteiger partial charge in [-0.3, -0.25) is 35.3 Å². The van der Waals surface area contributed by atoms with Gasteiger partial charge in [0.1, 0.15) is 0 Å². The lowest BCUT2D eigenvalue weighted by atomic mass is 9.70. The molecule has 1 aliphatic carbocycles. The van der Waals surface area contributed by atoms with Crippen molar-refractivity contribution in [2.45, 2.75) is 31.5 Å². The van der Waals surface area contributed by atoms with Crippen LogP contribution in [0.25, 0.3) is 0 Å². The van der Waals surface area contributed by atoms with Crippen LogP contribution in [0.2, 0.25) is 0 Å². The highest BCUT2D eigenvalue weighted by atomic mass is 32.1. The number of nitrogens with one attached hydrogen (secondary N) is 4. The average molecular weight is 344 g/mol. The highest BCUT2D eigenvalue weighted by molar-refractivity contribution is 7.80. The van der Waals surface area contributed by atoms with Gasteiger partial charge in [-0.2, -0.15) is 0 Å². The summed E-state index contributed by atoms with van der Waals surface area (Å²) in [5.41, 5.74) is 9.74. The normalized spacial score (nSPS) is 32.8. The van der Waals surface area contributed by atoms with Crippen LogP contribution in [-0.2, 0) is 14.4 Å². The monoisotopic (exact) mass is 344 g/mol. The van der Waals surface area contributed by atoms with Gasteiger partial charge in [0.25, 0.3) is 0 Å². The van der Waals surface area contributed by atoms with Crippen molar-refractivity contribution in [3.63, 3.8) is 0 Å². The molecule has 1 saturated carbocycles. The fraction of sp³-hybridized carbons (Fsp3) is 0.636. The van der Waals surface area contributed by atoms with Gasteiger partial charge in [-0.05, 0) is 12.2 Å². The second-order valence-electron chi connectivity index (χ2n) is 5.53. The maximum atomic E-state index is 12.3. The van der Waals surface area contributed by atoms with Crippen molar-refractivity contribution < 1.29 is 19.3 Å². The van der Waals surface area contributed by atoms with E-state index in [9.17, 15) is 24.5 Å². The Morgan fingerprint density at radius 3 is 2.52 bits per heavy atom. The van der Waals surface area contributed by atoms with Crippen LogP contribution < -0.4 is 27.2 Å². The van der Waals surface area contributed by atoms with Gasteiger partial charge in [0.15, 0.2) is 5.11 Å². The van der Waals surface area contributed by atoms with Crippen LogP contribution in [0.3, 0.4) is 0 Å². The van der Waals surface area contributed by atoms with Gasteiger partial charge < -0.3 is 16.4 Å². The van der Waals surface area contributed by atoms with Gasteiger partial charge in [0, 0.05) is 17.3 Å². The lowest BCUT2D eigenvalue weighted by molar-refractivity contribution is -0.537. The van der Waals surface area contributed by atoms with Gasteiger partial charge in [0.05, 0.1) is 18.0 Å². The van der Waals surface area contributed by atoms with E-state index in [4.69, 9.17) is 5.73 Å². The van der Waals surface area contributed by atoms with Gasteiger partial charge in [-0.25, -0.2) is 0 Å². The molecule has 126 valence electrons. The number of nitrogens with zero attached hydrogens (tertiary/aromatic N) is 1. The van der Waals surface area contributed by atoms with Crippen LogP contribution in [0.4, 0.5) is 0 Å². The van der Waals surface area contributed by atoms with Crippen LogP contribution in [0.15, 0.2) is 0 Å². The smallest absolute Gasteiger partial charge is 0.309 e. The number of piperazine rings is 1. The Morgan fingerprint density at radius 2 is 1.96 bits per heavy atom. The van der Waals surface area contributed by atoms with E-state index in [1.807, 2.05) is 0 Å². The standard InChI is InChI=1S/C11H16N6O5S/c1-3-5(17(21)22)2-4-7(14-10(20)9(19)13-4)6(3)8(18)15-16-11(12)23/h3-7H,2H2,1H3,(H,13,19)(H,14,20)(H,15,18)(H3,12,16,23). The first-order valence-corrected chi connectivity index (χ1v) is 7.23. The number of fused-ring (bicyclic) bond motifs is 1. The third-order valence-electron chi connectivity index (χ3n) is 4.19. The molecule has 1 saturated heterocycles. The molecular formula is C11H16N6O5S. The summed E-state index contributed by atoms with van der Waals surface area (Å²) in [4.78, 5) is 46.1. The zero-order valence-corrected chi connectivity index (χ0v) is 12.9. The van der Waals surface area contributed by atoms with Crippen molar-refractivity contribution in [2.24, 2.45) is 17.6 Å². The summed E-state index contributed by atoms with van der Waals surface area (Å²) in [5.74, 6) is -3.96. The Kier molecular flexibility index (Phi) is 4.63. The van der Waals surface area contributed by atoms with E-state index >= 15 is 0 Å². The number of carbonyl (C=O) groups excluding carboxylic acids is 3. The van der Waals surface area contributed by atoms with E-state index in [2.05, 4.69) is 33.7 Å². The minimum Gasteiger partial charge on any atom is -0.375 e. The molecule has 11 nitrogen and oxygen atoms in total. The van der Waals surface area contributed by atoms with Crippen molar-refractivity contribution >= 4 is 35.1 Å². The predicted molar refractivity (Wildman–Crippen MR) is 80.0 cm³/mol. The number of hydrazine groups is 1. The van der Waals surface area contributed by atoms with Crippen LogP contribution >= 0.6 is 12.2 Å². The molecule has 0 aromatic rings. The van der Waals surface area contributed by atoms with Crippen LogP contribution in [0, 0.1) is 22.0 Å². The molecule has 1 aliphatic heterocycles. The van der Waals surface area contributed by atoms with E-state index in [0.29, 0.717) is 0 Å². The number of hydrogen-bond donors (Lipinski definition) is 5. The fourth-order valence-corrected chi connectivity index (χ4v) is 3.17. The number of amides is 3. The molecule has 2 aliphatic rings. The maximum Gasteiger partial charge on any atom is 0.309 e. The molecule has 3 amide bonds. The summed E-state index contributed by atoms with van der Waals surface area (Å²) in [5, 5.41) is 15.9. The number of rotatable bonds is 2. The SMILES string of the molecule is CC1C(C(=O)NNC(N)=S)C2NC(=O)C(=O)NC2CC1[N+](=O)[O-]. The number of nitro groups is 1. The molecule has 0 aromatic carbocycles. The first-order chi connectivity index (χ1) is 10.7. The molecule has 5 atom stereocenters. The zero-order valence-electron chi connectivity index (χ0n) is 12.1. The predicted octanol–water partition coefficient (Wildman–Crippen LogP) is -2.86. The molecule has 12 heteroatoms. The Hall–Kier alpha value is -2.50. The van der Waals surface area contributed by atoms with E-state index in [1.165, 1.54) is 0 Å². The third-order valence-corrected chi connectivity index (χ3v) is 4.29. The third kappa shape index (κ3) is 3.31. The summed E-state index contributed by atoms with van der Waals surface area (Å²) in [7, 11) is 0. The van der Waals surface area contributed by atoms with Crippen LogP contribution in [0.5, 0.6) is 0 Å². The summed E-state index contributed by atoms with van der Waals surface area (Å²) >= 11 is 4.58. The molecule has 6 N–H and O–H groups in total. The van der Waals surface area contributed by atoms with Gasteiger partial charge in [-0.15, -0.1) is 0 Å². The van der Waals surface area contributed by atoms with E-state index < -0.39 is 52.6 Å². The minimum absolute atomic E-state index is 0.0252. The quantitative estimate of drug-likeness (QED) is 0.154. The Morgan fingerprint density at radius 1 is 1.35 bits per heavy atom. The van der Waals surface area contributed by atoms with Crippen molar-refractivity contribution in [3.05, 3.63) is 10.1 Å². The van der Waals surface area contributed by atoms with Crippen molar-refractivity contribution in [1.82, 2.24) is 21.5 Å². The molecule has 2 fully saturated rings. The lowest BCUT2D eigenvalue weighted by Gasteiger charge is -2.44. The fourth-order valence-electron chi connectivity index (χ4n) is 3.11. The molecule has 0 bridgehead atoms. The highest BCUT2D eigenvalue weighted by Gasteiger charge is 2.54. The molecule has 23 heavy (non-hydrogen) atoms. The van der Waals surface area contributed by atoms with Crippen molar-refractivity contribution in [3.8, 4) is 0 Å². The molecule has 2 rings (SSSR count). The Bertz CT molecular complexity index is 583. The molecule has 1 heterocycles. The molecule has 0 spiro atoms. The molecule has 0 aromatic heterocycles. The van der Waals surface area contributed by atoms with Crippen molar-refractivity contribution in [2.75, 3.05) is 0 Å².